The summed E-state index contributed by atoms with van der Waals surface area (Å²) in [5.74, 6) is 0.0679. The standard InChI is InChI=1S/C28H22BrNO5/c1-3-30(4-2)20-8-5-17(6-9-20)13-25-27(31)22-11-10-21(16-24(22)35-25)33-28(32)26-15-18-14-19(29)7-12-23(18)34-26/h5-16H,3-4H2,1-2H3/b25-13-. The Labute approximate surface area is 210 Å². The van der Waals surface area contributed by atoms with E-state index in [2.05, 4.69) is 34.7 Å². The van der Waals surface area contributed by atoms with Gasteiger partial charge in [-0.1, -0.05) is 28.1 Å². The number of hydrogen-bond acceptors (Lipinski definition) is 6. The van der Waals surface area contributed by atoms with Crippen LogP contribution in [-0.2, 0) is 0 Å². The van der Waals surface area contributed by atoms with Gasteiger partial charge in [0, 0.05) is 34.7 Å². The molecular formula is C28H22BrNO5. The number of rotatable bonds is 6. The molecule has 0 N–H and O–H groups in total. The van der Waals surface area contributed by atoms with Crippen LogP contribution in [-0.4, -0.2) is 24.8 Å². The van der Waals surface area contributed by atoms with Gasteiger partial charge in [0.25, 0.3) is 0 Å². The minimum Gasteiger partial charge on any atom is -0.452 e. The second kappa shape index (κ2) is 9.43. The topological polar surface area (TPSA) is 69.0 Å². The Hall–Kier alpha value is -3.84. The van der Waals surface area contributed by atoms with Gasteiger partial charge in [0.05, 0.1) is 5.56 Å². The second-order valence-electron chi connectivity index (χ2n) is 8.04. The number of carbonyl (C=O) groups excluding carboxylic acids is 2. The van der Waals surface area contributed by atoms with Crippen molar-refractivity contribution in [3.8, 4) is 11.5 Å². The van der Waals surface area contributed by atoms with Crippen molar-refractivity contribution in [2.75, 3.05) is 18.0 Å². The first-order valence-electron chi connectivity index (χ1n) is 11.3. The molecule has 35 heavy (non-hydrogen) atoms. The number of ketones is 1. The highest BCUT2D eigenvalue weighted by Gasteiger charge is 2.28. The number of halogens is 1. The maximum atomic E-state index is 12.8. The van der Waals surface area contributed by atoms with Crippen LogP contribution in [0.1, 0.15) is 40.3 Å². The average molecular weight is 532 g/mol. The van der Waals surface area contributed by atoms with E-state index in [9.17, 15) is 9.59 Å². The van der Waals surface area contributed by atoms with Crippen molar-refractivity contribution in [1.82, 2.24) is 0 Å². The van der Waals surface area contributed by atoms with Crippen LogP contribution in [0.2, 0.25) is 0 Å². The predicted molar refractivity (Wildman–Crippen MR) is 138 cm³/mol. The highest BCUT2D eigenvalue weighted by atomic mass is 79.9. The van der Waals surface area contributed by atoms with Gasteiger partial charge in [0.15, 0.2) is 5.76 Å². The Morgan fingerprint density at radius 2 is 1.77 bits per heavy atom. The lowest BCUT2D eigenvalue weighted by atomic mass is 10.1. The van der Waals surface area contributed by atoms with Crippen molar-refractivity contribution >= 4 is 50.4 Å². The molecular weight excluding hydrogens is 510 g/mol. The number of nitrogens with zero attached hydrogens (tertiary/aromatic N) is 1. The predicted octanol–water partition coefficient (Wildman–Crippen LogP) is 6.88. The van der Waals surface area contributed by atoms with Gasteiger partial charge in [-0.2, -0.15) is 0 Å². The van der Waals surface area contributed by atoms with E-state index in [-0.39, 0.29) is 23.1 Å². The monoisotopic (exact) mass is 531 g/mol. The number of furan rings is 1. The second-order valence-corrected chi connectivity index (χ2v) is 8.96. The van der Waals surface area contributed by atoms with Gasteiger partial charge in [-0.05, 0) is 74.0 Å². The quantitative estimate of drug-likeness (QED) is 0.153. The normalized spacial score (nSPS) is 13.7. The minimum atomic E-state index is -0.634. The summed E-state index contributed by atoms with van der Waals surface area (Å²) >= 11 is 3.40. The largest absolute Gasteiger partial charge is 0.452 e. The summed E-state index contributed by atoms with van der Waals surface area (Å²) in [5.41, 5.74) is 3.00. The summed E-state index contributed by atoms with van der Waals surface area (Å²) in [7, 11) is 0. The van der Waals surface area contributed by atoms with E-state index >= 15 is 0 Å². The maximum Gasteiger partial charge on any atom is 0.379 e. The number of fused-ring (bicyclic) bond motifs is 2. The van der Waals surface area contributed by atoms with E-state index in [1.54, 1.807) is 30.3 Å². The molecule has 0 saturated carbocycles. The Morgan fingerprint density at radius 1 is 1.00 bits per heavy atom. The van der Waals surface area contributed by atoms with Crippen molar-refractivity contribution in [2.24, 2.45) is 0 Å². The molecule has 0 bridgehead atoms. The van der Waals surface area contributed by atoms with Crippen LogP contribution in [0, 0.1) is 0 Å². The van der Waals surface area contributed by atoms with Gasteiger partial charge in [-0.15, -0.1) is 0 Å². The van der Waals surface area contributed by atoms with E-state index in [1.165, 1.54) is 6.07 Å². The van der Waals surface area contributed by atoms with Crippen molar-refractivity contribution < 1.29 is 23.5 Å². The van der Waals surface area contributed by atoms with E-state index in [0.717, 1.165) is 34.2 Å². The first kappa shape index (κ1) is 22.9. The third-order valence-electron chi connectivity index (χ3n) is 5.85. The number of ether oxygens (including phenoxy) is 2. The summed E-state index contributed by atoms with van der Waals surface area (Å²) in [5, 5.41) is 0.786. The fourth-order valence-electron chi connectivity index (χ4n) is 4.02. The number of anilines is 1. The molecule has 3 aromatic carbocycles. The van der Waals surface area contributed by atoms with Crippen LogP contribution in [0.15, 0.2) is 81.4 Å². The summed E-state index contributed by atoms with van der Waals surface area (Å²) in [4.78, 5) is 27.7. The molecule has 0 fully saturated rings. The van der Waals surface area contributed by atoms with E-state index in [4.69, 9.17) is 13.9 Å². The molecule has 7 heteroatoms. The van der Waals surface area contributed by atoms with Gasteiger partial charge in [0.2, 0.25) is 11.5 Å². The SMILES string of the molecule is CCN(CC)c1ccc(/C=C2\Oc3cc(OC(=O)c4cc5cc(Br)ccc5o4)ccc3C2=O)cc1. The van der Waals surface area contributed by atoms with Crippen LogP contribution in [0.25, 0.3) is 17.0 Å². The zero-order valence-corrected chi connectivity index (χ0v) is 20.8. The minimum absolute atomic E-state index is 0.0873. The van der Waals surface area contributed by atoms with Crippen LogP contribution in [0.4, 0.5) is 5.69 Å². The van der Waals surface area contributed by atoms with Gasteiger partial charge in [0.1, 0.15) is 17.1 Å². The van der Waals surface area contributed by atoms with Crippen LogP contribution in [0.3, 0.4) is 0 Å². The molecule has 176 valence electrons. The summed E-state index contributed by atoms with van der Waals surface area (Å²) < 4.78 is 17.8. The Bertz CT molecular complexity index is 1460. The zero-order valence-electron chi connectivity index (χ0n) is 19.2. The molecule has 0 saturated heterocycles. The number of carbonyl (C=O) groups is 2. The molecule has 0 amide bonds. The molecule has 0 atom stereocenters. The zero-order chi connectivity index (χ0) is 24.5. The average Bonchev–Trinajstić information content (AvgIpc) is 3.41. The lowest BCUT2D eigenvalue weighted by Gasteiger charge is -2.20. The van der Waals surface area contributed by atoms with Crippen LogP contribution >= 0.6 is 15.9 Å². The van der Waals surface area contributed by atoms with Crippen molar-refractivity contribution in [1.29, 1.82) is 0 Å². The maximum absolute atomic E-state index is 12.8. The van der Waals surface area contributed by atoms with Crippen molar-refractivity contribution in [3.05, 3.63) is 93.8 Å². The third-order valence-corrected chi connectivity index (χ3v) is 6.34. The summed E-state index contributed by atoms with van der Waals surface area (Å²) in [6.45, 7) is 6.08. The van der Waals surface area contributed by atoms with E-state index in [0.29, 0.717) is 16.9 Å². The van der Waals surface area contributed by atoms with Crippen molar-refractivity contribution in [2.45, 2.75) is 13.8 Å². The van der Waals surface area contributed by atoms with Crippen molar-refractivity contribution in [3.63, 3.8) is 0 Å². The lowest BCUT2D eigenvalue weighted by molar-refractivity contribution is 0.0703. The molecule has 4 aromatic rings. The van der Waals surface area contributed by atoms with Gasteiger partial charge in [-0.25, -0.2) is 4.79 Å². The fourth-order valence-corrected chi connectivity index (χ4v) is 4.40. The fraction of sp³-hybridized carbons (Fsp3) is 0.143. The van der Waals surface area contributed by atoms with Gasteiger partial charge >= 0.3 is 5.97 Å². The smallest absolute Gasteiger partial charge is 0.379 e. The highest BCUT2D eigenvalue weighted by Crippen LogP contribution is 2.35. The molecule has 2 heterocycles. The van der Waals surface area contributed by atoms with Gasteiger partial charge in [-0.3, -0.25) is 4.79 Å². The first-order valence-corrected chi connectivity index (χ1v) is 12.1. The van der Waals surface area contributed by atoms with Gasteiger partial charge < -0.3 is 18.8 Å². The Morgan fingerprint density at radius 3 is 2.51 bits per heavy atom. The summed E-state index contributed by atoms with van der Waals surface area (Å²) in [6, 6.07) is 19.8. The number of hydrogen-bond donors (Lipinski definition) is 0. The third kappa shape index (κ3) is 4.59. The summed E-state index contributed by atoms with van der Waals surface area (Å²) in [6.07, 6.45) is 1.71. The number of esters is 1. The Kier molecular flexibility index (Phi) is 6.17. The molecule has 0 spiro atoms. The molecule has 6 nitrogen and oxygen atoms in total. The molecule has 1 aliphatic rings. The van der Waals surface area contributed by atoms with Crippen LogP contribution in [0.5, 0.6) is 11.5 Å². The molecule has 1 aliphatic heterocycles. The lowest BCUT2D eigenvalue weighted by Crippen LogP contribution is -2.21. The van der Waals surface area contributed by atoms with Crippen LogP contribution < -0.4 is 14.4 Å². The molecule has 1 aromatic heterocycles. The molecule has 0 radical (unpaired) electrons. The van der Waals surface area contributed by atoms with E-state index < -0.39 is 5.97 Å². The molecule has 5 rings (SSSR count). The highest BCUT2D eigenvalue weighted by molar-refractivity contribution is 9.10. The number of benzene rings is 3. The Balaban J connectivity index is 1.32. The molecule has 0 unspecified atom stereocenters. The number of allylic oxidation sites excluding steroid dienone is 1. The molecule has 0 aliphatic carbocycles. The number of Topliss-reactive ketones (excluding diaryl/α,β-unsaturated/α-hetero) is 1. The first-order chi connectivity index (χ1) is 16.9. The van der Waals surface area contributed by atoms with E-state index in [1.807, 2.05) is 36.4 Å².